The summed E-state index contributed by atoms with van der Waals surface area (Å²) in [5.41, 5.74) is 6.49. The van der Waals surface area contributed by atoms with Crippen LogP contribution in [0.3, 0.4) is 0 Å². The number of alkyl halides is 2. The van der Waals surface area contributed by atoms with E-state index in [2.05, 4.69) is 5.32 Å². The minimum absolute atomic E-state index is 0.0159. The molecule has 19 heavy (non-hydrogen) atoms. The Balaban J connectivity index is 2.55. The first-order valence-corrected chi connectivity index (χ1v) is 5.78. The van der Waals surface area contributed by atoms with Crippen molar-refractivity contribution in [2.75, 3.05) is 37.3 Å². The van der Waals surface area contributed by atoms with Crippen molar-refractivity contribution in [3.63, 3.8) is 0 Å². The first-order chi connectivity index (χ1) is 9.02. The van der Waals surface area contributed by atoms with Gasteiger partial charge in [-0.15, -0.1) is 0 Å². The lowest BCUT2D eigenvalue weighted by molar-refractivity contribution is -0.117. The third-order valence-corrected chi connectivity index (χ3v) is 2.41. The molecule has 4 N–H and O–H groups in total. The van der Waals surface area contributed by atoms with E-state index in [0.29, 0.717) is 11.4 Å². The number of anilines is 2. The summed E-state index contributed by atoms with van der Waals surface area (Å²) in [6.07, 6.45) is -2.55. The van der Waals surface area contributed by atoms with Crippen LogP contribution in [0.4, 0.5) is 20.2 Å². The number of hydrogen-bond donors (Lipinski definition) is 3. The fourth-order valence-electron chi connectivity index (χ4n) is 1.58. The zero-order valence-electron chi connectivity index (χ0n) is 10.4. The fourth-order valence-corrected chi connectivity index (χ4v) is 1.58. The van der Waals surface area contributed by atoms with Gasteiger partial charge in [-0.3, -0.25) is 9.69 Å². The lowest BCUT2D eigenvalue weighted by Gasteiger charge is -2.20. The van der Waals surface area contributed by atoms with Gasteiger partial charge in [0.05, 0.1) is 31.1 Å². The molecule has 0 fully saturated rings. The van der Waals surface area contributed by atoms with E-state index < -0.39 is 18.9 Å². The van der Waals surface area contributed by atoms with Crippen LogP contribution in [0.15, 0.2) is 24.3 Å². The number of amides is 1. The standard InChI is InChI=1S/C12H17F2N3O2/c13-11(14)7-17(5-6-18)8-12(19)16-10-4-2-1-3-9(10)15/h1-4,11,18H,5-8,15H2,(H,16,19). The second kappa shape index (κ2) is 7.65. The molecule has 0 aliphatic carbocycles. The molecule has 106 valence electrons. The van der Waals surface area contributed by atoms with Crippen LogP contribution in [0.5, 0.6) is 0 Å². The maximum atomic E-state index is 12.3. The van der Waals surface area contributed by atoms with Gasteiger partial charge in [0.25, 0.3) is 6.43 Å². The third kappa shape index (κ3) is 5.62. The smallest absolute Gasteiger partial charge is 0.251 e. The summed E-state index contributed by atoms with van der Waals surface area (Å²) in [6, 6.07) is 6.67. The second-order valence-electron chi connectivity index (χ2n) is 3.99. The van der Waals surface area contributed by atoms with Gasteiger partial charge in [-0.2, -0.15) is 0 Å². The Morgan fingerprint density at radius 2 is 2.11 bits per heavy atom. The van der Waals surface area contributed by atoms with Crippen LogP contribution in [-0.2, 0) is 4.79 Å². The second-order valence-corrected chi connectivity index (χ2v) is 3.99. The molecule has 0 saturated carbocycles. The number of para-hydroxylation sites is 2. The van der Waals surface area contributed by atoms with Crippen molar-refractivity contribution >= 4 is 17.3 Å². The van der Waals surface area contributed by atoms with Crippen LogP contribution in [0, 0.1) is 0 Å². The van der Waals surface area contributed by atoms with E-state index in [4.69, 9.17) is 10.8 Å². The number of carbonyl (C=O) groups excluding carboxylic acids is 1. The average Bonchev–Trinajstić information content (AvgIpc) is 2.31. The number of aliphatic hydroxyl groups excluding tert-OH is 1. The molecule has 0 spiro atoms. The number of benzene rings is 1. The normalized spacial score (nSPS) is 11.0. The third-order valence-electron chi connectivity index (χ3n) is 2.41. The topological polar surface area (TPSA) is 78.6 Å². The summed E-state index contributed by atoms with van der Waals surface area (Å²) in [4.78, 5) is 12.9. The number of aliphatic hydroxyl groups is 1. The van der Waals surface area contributed by atoms with Crippen LogP contribution >= 0.6 is 0 Å². The molecule has 0 aliphatic rings. The molecule has 0 heterocycles. The van der Waals surface area contributed by atoms with E-state index in [1.54, 1.807) is 24.3 Å². The molecule has 0 atom stereocenters. The van der Waals surface area contributed by atoms with Crippen molar-refractivity contribution in [3.05, 3.63) is 24.3 Å². The monoisotopic (exact) mass is 273 g/mol. The molecule has 1 rings (SSSR count). The summed E-state index contributed by atoms with van der Waals surface area (Å²) in [5.74, 6) is -0.452. The first kappa shape index (κ1) is 15.3. The van der Waals surface area contributed by atoms with Crippen molar-refractivity contribution in [1.82, 2.24) is 4.90 Å². The highest BCUT2D eigenvalue weighted by Crippen LogP contribution is 2.16. The minimum atomic E-state index is -2.55. The lowest BCUT2D eigenvalue weighted by atomic mass is 10.2. The predicted octanol–water partition coefficient (Wildman–Crippen LogP) is 0.767. The van der Waals surface area contributed by atoms with Crippen LogP contribution in [0.25, 0.3) is 0 Å². The molecule has 0 unspecified atom stereocenters. The molecule has 1 amide bonds. The number of nitrogens with zero attached hydrogens (tertiary/aromatic N) is 1. The Kier molecular flexibility index (Phi) is 6.17. The van der Waals surface area contributed by atoms with Crippen molar-refractivity contribution in [2.45, 2.75) is 6.43 Å². The van der Waals surface area contributed by atoms with Gasteiger partial charge >= 0.3 is 0 Å². The largest absolute Gasteiger partial charge is 0.397 e. The van der Waals surface area contributed by atoms with Gasteiger partial charge in [-0.1, -0.05) is 12.1 Å². The molecule has 5 nitrogen and oxygen atoms in total. The zero-order valence-corrected chi connectivity index (χ0v) is 10.4. The minimum Gasteiger partial charge on any atom is -0.397 e. The number of nitrogens with two attached hydrogens (primary N) is 1. The number of rotatable bonds is 7. The molecule has 0 aromatic heterocycles. The SMILES string of the molecule is Nc1ccccc1NC(=O)CN(CCO)CC(F)F. The van der Waals surface area contributed by atoms with Gasteiger partial charge in [0.2, 0.25) is 5.91 Å². The summed E-state index contributed by atoms with van der Waals surface area (Å²) >= 11 is 0. The van der Waals surface area contributed by atoms with E-state index in [-0.39, 0.29) is 19.7 Å². The summed E-state index contributed by atoms with van der Waals surface area (Å²) in [6.45, 7) is -1.05. The molecule has 0 bridgehead atoms. The highest BCUT2D eigenvalue weighted by molar-refractivity contribution is 5.95. The van der Waals surface area contributed by atoms with E-state index in [0.717, 1.165) is 0 Å². The van der Waals surface area contributed by atoms with Crippen molar-refractivity contribution in [3.8, 4) is 0 Å². The molecule has 1 aromatic carbocycles. The van der Waals surface area contributed by atoms with Gasteiger partial charge < -0.3 is 16.2 Å². The summed E-state index contributed by atoms with van der Waals surface area (Å²) in [7, 11) is 0. The maximum Gasteiger partial charge on any atom is 0.251 e. The molecule has 7 heteroatoms. The number of carbonyl (C=O) groups is 1. The molecule has 0 aliphatic heterocycles. The van der Waals surface area contributed by atoms with Gasteiger partial charge in [0, 0.05) is 6.54 Å². The van der Waals surface area contributed by atoms with Gasteiger partial charge in [-0.05, 0) is 12.1 Å². The number of nitrogens with one attached hydrogen (secondary N) is 1. The number of nitrogen functional groups attached to an aromatic ring is 1. The van der Waals surface area contributed by atoms with E-state index in [9.17, 15) is 13.6 Å². The summed E-state index contributed by atoms with van der Waals surface area (Å²) < 4.78 is 24.5. The van der Waals surface area contributed by atoms with Gasteiger partial charge in [-0.25, -0.2) is 8.78 Å². The fraction of sp³-hybridized carbons (Fsp3) is 0.417. The van der Waals surface area contributed by atoms with Gasteiger partial charge in [0.15, 0.2) is 0 Å². The average molecular weight is 273 g/mol. The molecule has 0 radical (unpaired) electrons. The summed E-state index contributed by atoms with van der Waals surface area (Å²) in [5, 5.41) is 11.3. The first-order valence-electron chi connectivity index (χ1n) is 5.78. The van der Waals surface area contributed by atoms with Crippen molar-refractivity contribution < 1.29 is 18.7 Å². The highest BCUT2D eigenvalue weighted by atomic mass is 19.3. The predicted molar refractivity (Wildman–Crippen MR) is 69.0 cm³/mol. The molecular weight excluding hydrogens is 256 g/mol. The van der Waals surface area contributed by atoms with Crippen molar-refractivity contribution in [1.29, 1.82) is 0 Å². The van der Waals surface area contributed by atoms with E-state index >= 15 is 0 Å². The van der Waals surface area contributed by atoms with Crippen LogP contribution in [0.2, 0.25) is 0 Å². The van der Waals surface area contributed by atoms with Crippen LogP contribution in [0.1, 0.15) is 0 Å². The van der Waals surface area contributed by atoms with Gasteiger partial charge in [0.1, 0.15) is 0 Å². The quantitative estimate of drug-likeness (QED) is 0.641. The maximum absolute atomic E-state index is 12.3. The Morgan fingerprint density at radius 3 is 2.68 bits per heavy atom. The zero-order chi connectivity index (χ0) is 14.3. The number of hydrogen-bond acceptors (Lipinski definition) is 4. The molecule has 0 saturated heterocycles. The lowest BCUT2D eigenvalue weighted by Crippen LogP contribution is -2.38. The number of halogens is 2. The van der Waals surface area contributed by atoms with Crippen LogP contribution in [-0.4, -0.2) is 48.6 Å². The molecule has 1 aromatic rings. The Hall–Kier alpha value is -1.73. The van der Waals surface area contributed by atoms with Crippen molar-refractivity contribution in [2.24, 2.45) is 0 Å². The van der Waals surface area contributed by atoms with Crippen LogP contribution < -0.4 is 11.1 Å². The Labute approximate surface area is 110 Å². The Bertz CT molecular complexity index is 416. The Morgan fingerprint density at radius 1 is 1.42 bits per heavy atom. The van der Waals surface area contributed by atoms with E-state index in [1.807, 2.05) is 0 Å². The molecular formula is C12H17F2N3O2. The highest BCUT2D eigenvalue weighted by Gasteiger charge is 2.15. The van der Waals surface area contributed by atoms with E-state index in [1.165, 1.54) is 4.90 Å².